The van der Waals surface area contributed by atoms with E-state index in [2.05, 4.69) is 26.2 Å². The van der Waals surface area contributed by atoms with Crippen LogP contribution in [-0.2, 0) is 16.1 Å². The third-order valence-corrected chi connectivity index (χ3v) is 3.03. The number of pyridine rings is 1. The smallest absolute Gasteiger partial charge is 0.216 e. The third kappa shape index (κ3) is 4.80. The van der Waals surface area contributed by atoms with Crippen molar-refractivity contribution in [1.29, 1.82) is 0 Å². The summed E-state index contributed by atoms with van der Waals surface area (Å²) >= 11 is 0.790. The number of nitrogens with one attached hydrogen (secondary N) is 1. The molecule has 1 rings (SSSR count). The Balaban J connectivity index is 2.69. The number of hydrogen-bond donors (Lipinski definition) is 1. The van der Waals surface area contributed by atoms with Gasteiger partial charge in [-0.3, -0.25) is 13.3 Å². The van der Waals surface area contributed by atoms with E-state index >= 15 is 0 Å². The van der Waals surface area contributed by atoms with Gasteiger partial charge in [0.1, 0.15) is 5.82 Å². The van der Waals surface area contributed by atoms with Gasteiger partial charge >= 0.3 is 0 Å². The SMILES string of the molecule is CC(=O)NCCN(c1ccc(Br)cn1)S(=O)[O-]. The molecule has 6 nitrogen and oxygen atoms in total. The molecule has 94 valence electrons. The molecule has 0 aliphatic carbocycles. The van der Waals surface area contributed by atoms with Crippen molar-refractivity contribution in [2.24, 2.45) is 0 Å². The third-order valence-electron chi connectivity index (χ3n) is 1.84. The Labute approximate surface area is 110 Å². The molecule has 1 amide bonds. The minimum Gasteiger partial charge on any atom is -0.755 e. The molecule has 0 radical (unpaired) electrons. The number of amides is 1. The number of nitrogens with zero attached hydrogens (tertiary/aromatic N) is 2. The molecule has 1 atom stereocenters. The van der Waals surface area contributed by atoms with Gasteiger partial charge in [-0.25, -0.2) is 4.98 Å². The standard InChI is InChI=1S/C9H12BrN3O3S/c1-7(14)11-4-5-13(17(15)16)9-3-2-8(10)6-12-9/h2-3,6H,4-5H2,1H3,(H,11,14)(H,15,16)/p-1. The maximum Gasteiger partial charge on any atom is 0.216 e. The number of rotatable bonds is 5. The lowest BCUT2D eigenvalue weighted by Gasteiger charge is -2.25. The fourth-order valence-electron chi connectivity index (χ4n) is 1.11. The maximum atomic E-state index is 11.0. The summed E-state index contributed by atoms with van der Waals surface area (Å²) in [7, 11) is 0. The highest BCUT2D eigenvalue weighted by Crippen LogP contribution is 2.15. The van der Waals surface area contributed by atoms with Crippen LogP contribution in [0.3, 0.4) is 0 Å². The van der Waals surface area contributed by atoms with E-state index in [0.29, 0.717) is 5.82 Å². The van der Waals surface area contributed by atoms with E-state index < -0.39 is 11.3 Å². The summed E-state index contributed by atoms with van der Waals surface area (Å²) in [4.78, 5) is 14.6. The highest BCUT2D eigenvalue weighted by molar-refractivity contribution is 9.10. The Morgan fingerprint density at radius 3 is 2.82 bits per heavy atom. The summed E-state index contributed by atoms with van der Waals surface area (Å²) in [6.45, 7) is 1.75. The van der Waals surface area contributed by atoms with Crippen LogP contribution < -0.4 is 9.62 Å². The summed E-state index contributed by atoms with van der Waals surface area (Å²) in [6, 6.07) is 3.27. The van der Waals surface area contributed by atoms with Crippen LogP contribution in [-0.4, -0.2) is 32.7 Å². The lowest BCUT2D eigenvalue weighted by molar-refractivity contribution is -0.118. The van der Waals surface area contributed by atoms with Gasteiger partial charge in [-0.2, -0.15) is 0 Å². The normalized spacial score (nSPS) is 11.9. The van der Waals surface area contributed by atoms with Crippen molar-refractivity contribution in [2.75, 3.05) is 17.4 Å². The van der Waals surface area contributed by atoms with E-state index in [0.717, 1.165) is 8.78 Å². The van der Waals surface area contributed by atoms with Gasteiger partial charge in [-0.1, -0.05) is 0 Å². The van der Waals surface area contributed by atoms with Crippen molar-refractivity contribution in [2.45, 2.75) is 6.92 Å². The summed E-state index contributed by atoms with van der Waals surface area (Å²) in [5.41, 5.74) is 0. The number of anilines is 1. The zero-order valence-corrected chi connectivity index (χ0v) is 11.5. The second kappa shape index (κ2) is 6.67. The van der Waals surface area contributed by atoms with Crippen LogP contribution in [0, 0.1) is 0 Å². The van der Waals surface area contributed by atoms with Gasteiger partial charge in [-0.15, -0.1) is 0 Å². The van der Waals surface area contributed by atoms with Crippen molar-refractivity contribution in [3.63, 3.8) is 0 Å². The monoisotopic (exact) mass is 320 g/mol. The maximum absolute atomic E-state index is 11.0. The number of hydrogen-bond acceptors (Lipinski definition) is 4. The molecule has 1 N–H and O–H groups in total. The van der Waals surface area contributed by atoms with Crippen molar-refractivity contribution >= 4 is 38.9 Å². The molecule has 1 unspecified atom stereocenters. The van der Waals surface area contributed by atoms with Gasteiger partial charge in [0.15, 0.2) is 0 Å². The van der Waals surface area contributed by atoms with Crippen molar-refractivity contribution in [1.82, 2.24) is 10.3 Å². The fourth-order valence-corrected chi connectivity index (χ4v) is 1.85. The zero-order valence-electron chi connectivity index (χ0n) is 9.05. The number of aromatic nitrogens is 1. The molecule has 0 bridgehead atoms. The average molecular weight is 321 g/mol. The minimum atomic E-state index is -2.42. The lowest BCUT2D eigenvalue weighted by atomic mass is 10.4. The van der Waals surface area contributed by atoms with Gasteiger partial charge in [-0.05, 0) is 28.1 Å². The number of halogens is 1. The summed E-state index contributed by atoms with van der Waals surface area (Å²) in [6.07, 6.45) is 1.51. The first kappa shape index (κ1) is 14.1. The largest absolute Gasteiger partial charge is 0.755 e. The number of carbonyl (C=O) groups excluding carboxylic acids is 1. The highest BCUT2D eigenvalue weighted by atomic mass is 79.9. The summed E-state index contributed by atoms with van der Waals surface area (Å²) in [5, 5.41) is 2.52. The zero-order chi connectivity index (χ0) is 12.8. The second-order valence-electron chi connectivity index (χ2n) is 3.14. The molecule has 0 aliphatic rings. The van der Waals surface area contributed by atoms with Crippen LogP contribution in [0.5, 0.6) is 0 Å². The topological polar surface area (TPSA) is 85.4 Å². The van der Waals surface area contributed by atoms with Crippen LogP contribution in [0.2, 0.25) is 0 Å². The van der Waals surface area contributed by atoms with Crippen LogP contribution in [0.1, 0.15) is 6.92 Å². The molecule has 1 aromatic heterocycles. The van der Waals surface area contributed by atoms with Crippen LogP contribution >= 0.6 is 15.9 Å². The summed E-state index contributed by atoms with van der Waals surface area (Å²) < 4.78 is 23.9. The molecule has 0 saturated carbocycles. The molecular weight excluding hydrogens is 310 g/mol. The Kier molecular flexibility index (Phi) is 5.52. The van der Waals surface area contributed by atoms with E-state index in [1.165, 1.54) is 13.1 Å². The lowest BCUT2D eigenvalue weighted by Crippen LogP contribution is -2.35. The highest BCUT2D eigenvalue weighted by Gasteiger charge is 2.08. The van der Waals surface area contributed by atoms with E-state index in [4.69, 9.17) is 0 Å². The minimum absolute atomic E-state index is 0.143. The summed E-state index contributed by atoms with van der Waals surface area (Å²) in [5.74, 6) is 0.109. The van der Waals surface area contributed by atoms with Crippen molar-refractivity contribution < 1.29 is 13.6 Å². The fraction of sp³-hybridized carbons (Fsp3) is 0.333. The van der Waals surface area contributed by atoms with Gasteiger partial charge in [0, 0.05) is 41.9 Å². The van der Waals surface area contributed by atoms with Crippen molar-refractivity contribution in [3.05, 3.63) is 22.8 Å². The van der Waals surface area contributed by atoms with E-state index in [9.17, 15) is 13.6 Å². The van der Waals surface area contributed by atoms with E-state index in [1.54, 1.807) is 12.1 Å². The first-order valence-electron chi connectivity index (χ1n) is 4.73. The predicted octanol–water partition coefficient (Wildman–Crippen LogP) is 0.581. The van der Waals surface area contributed by atoms with Crippen LogP contribution in [0.15, 0.2) is 22.8 Å². The molecule has 1 heterocycles. The molecule has 0 spiro atoms. The molecule has 0 saturated heterocycles. The van der Waals surface area contributed by atoms with Crippen LogP contribution in [0.25, 0.3) is 0 Å². The quantitative estimate of drug-likeness (QED) is 0.804. The molecule has 0 fully saturated rings. The van der Waals surface area contributed by atoms with Gasteiger partial charge in [0.05, 0.1) is 0 Å². The Morgan fingerprint density at radius 1 is 1.65 bits per heavy atom. The first-order chi connectivity index (χ1) is 8.00. The molecule has 0 aromatic carbocycles. The van der Waals surface area contributed by atoms with Crippen LogP contribution in [0.4, 0.5) is 5.82 Å². The Bertz CT molecular complexity index is 412. The Hall–Kier alpha value is -0.990. The predicted molar refractivity (Wildman–Crippen MR) is 66.9 cm³/mol. The first-order valence-corrected chi connectivity index (χ1v) is 6.56. The van der Waals surface area contributed by atoms with Crippen molar-refractivity contribution in [3.8, 4) is 0 Å². The molecule has 1 aromatic rings. The van der Waals surface area contributed by atoms with Gasteiger partial charge < -0.3 is 9.87 Å². The molecular formula is C9H11BrN3O3S-. The number of carbonyl (C=O) groups is 1. The molecule has 17 heavy (non-hydrogen) atoms. The van der Waals surface area contributed by atoms with Gasteiger partial charge in [0.2, 0.25) is 5.91 Å². The van der Waals surface area contributed by atoms with Gasteiger partial charge in [0.25, 0.3) is 0 Å². The Morgan fingerprint density at radius 2 is 2.35 bits per heavy atom. The van der Waals surface area contributed by atoms with E-state index in [-0.39, 0.29) is 19.0 Å². The molecule has 8 heteroatoms. The second-order valence-corrected chi connectivity index (χ2v) is 4.93. The average Bonchev–Trinajstić information content (AvgIpc) is 2.25. The van der Waals surface area contributed by atoms with E-state index in [1.807, 2.05) is 0 Å². The molecule has 0 aliphatic heterocycles.